The number of Topliss-reactive ketones (excluding diaryl/α,β-unsaturated/α-hetero) is 1. The fourth-order valence-electron chi connectivity index (χ4n) is 2.65. The van der Waals surface area contributed by atoms with Crippen molar-refractivity contribution >= 4 is 23.1 Å². The molecule has 0 aliphatic carbocycles. The number of carbonyl (C=O) groups is 2. The van der Waals surface area contributed by atoms with Gasteiger partial charge in [-0.05, 0) is 55.2 Å². The average Bonchev–Trinajstić information content (AvgIpc) is 2.63. The molecule has 0 unspecified atom stereocenters. The van der Waals surface area contributed by atoms with Crippen molar-refractivity contribution in [1.29, 1.82) is 5.26 Å². The van der Waals surface area contributed by atoms with Gasteiger partial charge in [0.05, 0.1) is 0 Å². The SMILES string of the molecule is CC(=O)c1ccc(NC(=O)/C(C#N)=C\Nc2c(C)cccc2C(C)C)cc1. The summed E-state index contributed by atoms with van der Waals surface area (Å²) in [4.78, 5) is 23.7. The van der Waals surface area contributed by atoms with Crippen LogP contribution < -0.4 is 10.6 Å². The Kier molecular flexibility index (Phi) is 6.51. The zero-order chi connectivity index (χ0) is 20.0. The second-order valence-electron chi connectivity index (χ2n) is 6.60. The van der Waals surface area contributed by atoms with E-state index in [1.54, 1.807) is 24.3 Å². The highest BCUT2D eigenvalue weighted by Crippen LogP contribution is 2.27. The third-order valence-electron chi connectivity index (χ3n) is 4.20. The number of benzene rings is 2. The second-order valence-corrected chi connectivity index (χ2v) is 6.60. The number of aryl methyl sites for hydroxylation is 1. The van der Waals surface area contributed by atoms with Crippen LogP contribution in [-0.2, 0) is 4.79 Å². The smallest absolute Gasteiger partial charge is 0.267 e. The number of hydrogen-bond donors (Lipinski definition) is 2. The fraction of sp³-hybridized carbons (Fsp3) is 0.227. The van der Waals surface area contributed by atoms with Crippen LogP contribution in [0.25, 0.3) is 0 Å². The predicted molar refractivity (Wildman–Crippen MR) is 108 cm³/mol. The molecule has 0 bridgehead atoms. The molecule has 0 heterocycles. The van der Waals surface area contributed by atoms with Crippen molar-refractivity contribution in [2.75, 3.05) is 10.6 Å². The lowest BCUT2D eigenvalue weighted by Crippen LogP contribution is -2.15. The number of hydrogen-bond acceptors (Lipinski definition) is 4. The van der Waals surface area contributed by atoms with E-state index >= 15 is 0 Å². The highest BCUT2D eigenvalue weighted by molar-refractivity contribution is 6.07. The maximum atomic E-state index is 12.4. The topological polar surface area (TPSA) is 82.0 Å². The van der Waals surface area contributed by atoms with Gasteiger partial charge in [0.15, 0.2) is 5.78 Å². The van der Waals surface area contributed by atoms with Gasteiger partial charge in [0, 0.05) is 23.1 Å². The van der Waals surface area contributed by atoms with Crippen molar-refractivity contribution in [3.05, 3.63) is 70.9 Å². The minimum absolute atomic E-state index is 0.0383. The van der Waals surface area contributed by atoms with Crippen molar-refractivity contribution in [1.82, 2.24) is 0 Å². The molecule has 0 saturated heterocycles. The number of rotatable bonds is 6. The number of amides is 1. The Morgan fingerprint density at radius 2 is 1.78 bits per heavy atom. The average molecular weight is 361 g/mol. The number of nitrogens with zero attached hydrogens (tertiary/aromatic N) is 1. The zero-order valence-electron chi connectivity index (χ0n) is 16.0. The molecular weight excluding hydrogens is 338 g/mol. The van der Waals surface area contributed by atoms with Gasteiger partial charge in [0.1, 0.15) is 11.6 Å². The Morgan fingerprint density at radius 3 is 2.33 bits per heavy atom. The van der Waals surface area contributed by atoms with Gasteiger partial charge < -0.3 is 10.6 Å². The molecule has 0 fully saturated rings. The molecule has 2 rings (SSSR count). The normalized spacial score (nSPS) is 11.0. The van der Waals surface area contributed by atoms with Crippen molar-refractivity contribution in [2.24, 2.45) is 0 Å². The molecular formula is C22H23N3O2. The van der Waals surface area contributed by atoms with E-state index in [1.165, 1.54) is 13.1 Å². The minimum Gasteiger partial charge on any atom is -0.360 e. The molecule has 0 aliphatic rings. The van der Waals surface area contributed by atoms with E-state index in [0.29, 0.717) is 17.2 Å². The van der Waals surface area contributed by atoms with Gasteiger partial charge in [-0.2, -0.15) is 5.26 Å². The van der Waals surface area contributed by atoms with Gasteiger partial charge in [0.2, 0.25) is 0 Å². The quantitative estimate of drug-likeness (QED) is 0.441. The van der Waals surface area contributed by atoms with Crippen LogP contribution in [0.4, 0.5) is 11.4 Å². The predicted octanol–water partition coefficient (Wildman–Crippen LogP) is 4.78. The Labute approximate surface area is 159 Å². The molecule has 2 N–H and O–H groups in total. The first-order valence-corrected chi connectivity index (χ1v) is 8.72. The van der Waals surface area contributed by atoms with E-state index in [-0.39, 0.29) is 11.4 Å². The molecule has 0 aliphatic heterocycles. The summed E-state index contributed by atoms with van der Waals surface area (Å²) in [6.45, 7) is 7.64. The third-order valence-corrected chi connectivity index (χ3v) is 4.20. The molecule has 0 radical (unpaired) electrons. The second kappa shape index (κ2) is 8.81. The summed E-state index contributed by atoms with van der Waals surface area (Å²) in [5, 5.41) is 15.1. The first-order valence-electron chi connectivity index (χ1n) is 8.72. The number of anilines is 2. The third kappa shape index (κ3) is 5.05. The fourth-order valence-corrected chi connectivity index (χ4v) is 2.65. The van der Waals surface area contributed by atoms with Crippen molar-refractivity contribution in [3.8, 4) is 6.07 Å². The van der Waals surface area contributed by atoms with Crippen LogP contribution in [0.15, 0.2) is 54.2 Å². The van der Waals surface area contributed by atoms with Gasteiger partial charge in [0.25, 0.3) is 5.91 Å². The highest BCUT2D eigenvalue weighted by Gasteiger charge is 2.12. The summed E-state index contributed by atoms with van der Waals surface area (Å²) in [5.74, 6) is -0.255. The maximum absolute atomic E-state index is 12.4. The van der Waals surface area contributed by atoms with Crippen molar-refractivity contribution in [3.63, 3.8) is 0 Å². The van der Waals surface area contributed by atoms with Gasteiger partial charge in [-0.15, -0.1) is 0 Å². The molecule has 0 spiro atoms. The largest absolute Gasteiger partial charge is 0.360 e. The molecule has 0 atom stereocenters. The lowest BCUT2D eigenvalue weighted by atomic mass is 9.98. The molecule has 0 aromatic heterocycles. The lowest BCUT2D eigenvalue weighted by Gasteiger charge is -2.15. The monoisotopic (exact) mass is 361 g/mol. The first kappa shape index (κ1) is 19.9. The van der Waals surface area contributed by atoms with Gasteiger partial charge >= 0.3 is 0 Å². The number of nitriles is 1. The van der Waals surface area contributed by atoms with Crippen molar-refractivity contribution < 1.29 is 9.59 Å². The van der Waals surface area contributed by atoms with Crippen LogP contribution in [0.5, 0.6) is 0 Å². The number of ketones is 1. The van der Waals surface area contributed by atoms with E-state index in [9.17, 15) is 14.9 Å². The van der Waals surface area contributed by atoms with Crippen LogP contribution in [-0.4, -0.2) is 11.7 Å². The molecule has 2 aromatic carbocycles. The van der Waals surface area contributed by atoms with E-state index < -0.39 is 5.91 Å². The van der Waals surface area contributed by atoms with E-state index in [1.807, 2.05) is 31.2 Å². The Bertz CT molecular complexity index is 920. The standard InChI is InChI=1S/C22H23N3O2/c1-14(2)20-7-5-6-15(3)21(20)24-13-18(12-23)22(27)25-19-10-8-17(9-11-19)16(4)26/h5-11,13-14,24H,1-4H3,(H,25,27)/b18-13-. The highest BCUT2D eigenvalue weighted by atomic mass is 16.1. The van der Waals surface area contributed by atoms with Crippen LogP contribution in [0.2, 0.25) is 0 Å². The summed E-state index contributed by atoms with van der Waals surface area (Å²) < 4.78 is 0. The number of para-hydroxylation sites is 1. The summed E-state index contributed by atoms with van der Waals surface area (Å²) in [7, 11) is 0. The summed E-state index contributed by atoms with van der Waals surface area (Å²) in [6, 6.07) is 14.4. The minimum atomic E-state index is -0.514. The number of carbonyl (C=O) groups excluding carboxylic acids is 2. The molecule has 1 amide bonds. The van der Waals surface area contributed by atoms with E-state index in [4.69, 9.17) is 0 Å². The maximum Gasteiger partial charge on any atom is 0.267 e. The van der Waals surface area contributed by atoms with E-state index in [0.717, 1.165) is 16.8 Å². The van der Waals surface area contributed by atoms with E-state index in [2.05, 4.69) is 24.5 Å². The van der Waals surface area contributed by atoms with Gasteiger partial charge in [-0.25, -0.2) is 0 Å². The lowest BCUT2D eigenvalue weighted by molar-refractivity contribution is -0.112. The molecule has 5 nitrogen and oxygen atoms in total. The Hall–Kier alpha value is -3.39. The zero-order valence-corrected chi connectivity index (χ0v) is 16.0. The number of nitrogens with one attached hydrogen (secondary N) is 2. The molecule has 0 saturated carbocycles. The van der Waals surface area contributed by atoms with Crippen molar-refractivity contribution in [2.45, 2.75) is 33.6 Å². The van der Waals surface area contributed by atoms with Gasteiger partial charge in [-0.1, -0.05) is 32.0 Å². The first-order chi connectivity index (χ1) is 12.8. The van der Waals surface area contributed by atoms with Gasteiger partial charge in [-0.3, -0.25) is 9.59 Å². The van der Waals surface area contributed by atoms with Crippen LogP contribution in [0.1, 0.15) is 48.2 Å². The molecule has 5 heteroatoms. The molecule has 27 heavy (non-hydrogen) atoms. The van der Waals surface area contributed by atoms with Crippen LogP contribution in [0.3, 0.4) is 0 Å². The molecule has 138 valence electrons. The summed E-state index contributed by atoms with van der Waals surface area (Å²) in [5.41, 5.74) is 4.09. The summed E-state index contributed by atoms with van der Waals surface area (Å²) in [6.07, 6.45) is 1.42. The Morgan fingerprint density at radius 1 is 1.11 bits per heavy atom. The summed E-state index contributed by atoms with van der Waals surface area (Å²) >= 11 is 0. The molecule has 2 aromatic rings. The Balaban J connectivity index is 2.18. The van der Waals surface area contributed by atoms with Crippen LogP contribution in [0, 0.1) is 18.3 Å². The van der Waals surface area contributed by atoms with Crippen LogP contribution >= 0.6 is 0 Å².